The number of hydrogen-bond donors (Lipinski definition) is 2. The predicted molar refractivity (Wildman–Crippen MR) is 45.7 cm³/mol. The molecule has 0 aliphatic heterocycles. The highest BCUT2D eigenvalue weighted by atomic mass is 16.2. The van der Waals surface area contributed by atoms with Crippen LogP contribution in [-0.2, 0) is 0 Å². The minimum Gasteiger partial charge on any atom is -0.365 e. The summed E-state index contributed by atoms with van der Waals surface area (Å²) in [7, 11) is 0. The van der Waals surface area contributed by atoms with Gasteiger partial charge in [-0.1, -0.05) is 12.7 Å². The lowest BCUT2D eigenvalue weighted by atomic mass is 10.2. The summed E-state index contributed by atoms with van der Waals surface area (Å²) in [6, 6.07) is 1.40. The second-order valence-corrected chi connectivity index (χ2v) is 2.24. The number of aromatic amines is 1. The van der Waals surface area contributed by atoms with Gasteiger partial charge in [-0.25, -0.2) is 0 Å². The maximum atomic E-state index is 10.9. The molecule has 0 saturated heterocycles. The molecule has 4 nitrogen and oxygen atoms in total. The Kier molecular flexibility index (Phi) is 2.09. The number of H-pyrrole nitrogens is 1. The summed E-state index contributed by atoms with van der Waals surface area (Å²) >= 11 is 0. The Hall–Kier alpha value is -1.84. The third-order valence-corrected chi connectivity index (χ3v) is 1.43. The van der Waals surface area contributed by atoms with Gasteiger partial charge in [-0.15, -0.1) is 0 Å². The highest BCUT2D eigenvalue weighted by molar-refractivity contribution is 5.92. The van der Waals surface area contributed by atoms with Gasteiger partial charge >= 0.3 is 0 Å². The monoisotopic (exact) mass is 164 g/mol. The lowest BCUT2D eigenvalue weighted by Crippen LogP contribution is -2.23. The van der Waals surface area contributed by atoms with Gasteiger partial charge in [-0.3, -0.25) is 9.59 Å². The van der Waals surface area contributed by atoms with E-state index in [1.807, 2.05) is 0 Å². The van der Waals surface area contributed by atoms with Gasteiger partial charge in [-0.2, -0.15) is 0 Å². The molecule has 1 rings (SSSR count). The number of aromatic nitrogens is 1. The standard InChI is InChI=1S/C8H8N2O2/c1-2-5-3-6(7(9)11)8(12)10-4-5/h2-4H,1H2,(H2,9,11)(H,10,12). The highest BCUT2D eigenvalue weighted by Crippen LogP contribution is 1.98. The fraction of sp³-hybridized carbons (Fsp3) is 0. The molecular weight excluding hydrogens is 156 g/mol. The molecule has 0 bridgehead atoms. The SMILES string of the molecule is C=Cc1c[nH]c(=O)c(C(N)=O)c1. The number of rotatable bonds is 2. The van der Waals surface area contributed by atoms with Gasteiger partial charge in [0.15, 0.2) is 0 Å². The van der Waals surface area contributed by atoms with Gasteiger partial charge in [0.1, 0.15) is 5.56 Å². The Balaban J connectivity index is 3.36. The van der Waals surface area contributed by atoms with Crippen molar-refractivity contribution in [2.75, 3.05) is 0 Å². The zero-order chi connectivity index (χ0) is 9.14. The second-order valence-electron chi connectivity index (χ2n) is 2.24. The number of hydrogen-bond acceptors (Lipinski definition) is 2. The Bertz CT molecular complexity index is 379. The summed E-state index contributed by atoms with van der Waals surface area (Å²) < 4.78 is 0. The van der Waals surface area contributed by atoms with Crippen molar-refractivity contribution in [1.29, 1.82) is 0 Å². The first-order valence-electron chi connectivity index (χ1n) is 3.30. The summed E-state index contributed by atoms with van der Waals surface area (Å²) in [5.74, 6) is -0.736. The second kappa shape index (κ2) is 3.04. The van der Waals surface area contributed by atoms with Crippen molar-refractivity contribution in [2.45, 2.75) is 0 Å². The van der Waals surface area contributed by atoms with Crippen LogP contribution in [0.1, 0.15) is 15.9 Å². The molecule has 1 aromatic rings. The number of carbonyl (C=O) groups is 1. The van der Waals surface area contributed by atoms with Crippen molar-refractivity contribution in [3.05, 3.63) is 40.3 Å². The van der Waals surface area contributed by atoms with E-state index in [-0.39, 0.29) is 5.56 Å². The molecule has 0 fully saturated rings. The molecule has 62 valence electrons. The van der Waals surface area contributed by atoms with E-state index in [0.717, 1.165) is 0 Å². The highest BCUT2D eigenvalue weighted by Gasteiger charge is 2.05. The van der Waals surface area contributed by atoms with Gasteiger partial charge in [0.05, 0.1) is 0 Å². The van der Waals surface area contributed by atoms with Crippen LogP contribution in [0.4, 0.5) is 0 Å². The first-order chi connectivity index (χ1) is 5.65. The van der Waals surface area contributed by atoms with E-state index < -0.39 is 11.5 Å². The quantitative estimate of drug-likeness (QED) is 0.651. The molecule has 1 amide bonds. The van der Waals surface area contributed by atoms with Crippen LogP contribution in [0.15, 0.2) is 23.6 Å². The number of primary amides is 1. The smallest absolute Gasteiger partial charge is 0.260 e. The topological polar surface area (TPSA) is 75.9 Å². The van der Waals surface area contributed by atoms with Crippen LogP contribution >= 0.6 is 0 Å². The van der Waals surface area contributed by atoms with E-state index in [2.05, 4.69) is 11.6 Å². The summed E-state index contributed by atoms with van der Waals surface area (Å²) in [5.41, 5.74) is 5.07. The third-order valence-electron chi connectivity index (χ3n) is 1.43. The molecule has 0 atom stereocenters. The minimum atomic E-state index is -0.736. The molecule has 0 spiro atoms. The van der Waals surface area contributed by atoms with E-state index >= 15 is 0 Å². The first-order valence-corrected chi connectivity index (χ1v) is 3.30. The van der Waals surface area contributed by atoms with Crippen molar-refractivity contribution in [2.24, 2.45) is 5.73 Å². The summed E-state index contributed by atoms with van der Waals surface area (Å²) in [6.07, 6.45) is 2.98. The zero-order valence-corrected chi connectivity index (χ0v) is 6.33. The van der Waals surface area contributed by atoms with Crippen LogP contribution in [0.25, 0.3) is 6.08 Å². The van der Waals surface area contributed by atoms with Crippen LogP contribution < -0.4 is 11.3 Å². The molecule has 3 N–H and O–H groups in total. The van der Waals surface area contributed by atoms with E-state index in [9.17, 15) is 9.59 Å². The van der Waals surface area contributed by atoms with Crippen molar-refractivity contribution >= 4 is 12.0 Å². The van der Waals surface area contributed by atoms with Crippen molar-refractivity contribution < 1.29 is 4.79 Å². The fourth-order valence-corrected chi connectivity index (χ4v) is 0.801. The first kappa shape index (κ1) is 8.26. The van der Waals surface area contributed by atoms with Gasteiger partial charge < -0.3 is 10.7 Å². The molecular formula is C8H8N2O2. The fourth-order valence-electron chi connectivity index (χ4n) is 0.801. The molecule has 0 aliphatic carbocycles. The lowest BCUT2D eigenvalue weighted by Gasteiger charge is -1.95. The van der Waals surface area contributed by atoms with Crippen LogP contribution in [0.3, 0.4) is 0 Å². The Morgan fingerprint density at radius 2 is 2.33 bits per heavy atom. The van der Waals surface area contributed by atoms with Crippen molar-refractivity contribution in [3.63, 3.8) is 0 Å². The van der Waals surface area contributed by atoms with Crippen LogP contribution in [0.2, 0.25) is 0 Å². The van der Waals surface area contributed by atoms with Crippen molar-refractivity contribution in [1.82, 2.24) is 4.98 Å². The largest absolute Gasteiger partial charge is 0.365 e. The molecule has 12 heavy (non-hydrogen) atoms. The van der Waals surface area contributed by atoms with E-state index in [1.165, 1.54) is 18.3 Å². The number of nitrogens with one attached hydrogen (secondary N) is 1. The predicted octanol–water partition coefficient (Wildman–Crippen LogP) is 0.117. The van der Waals surface area contributed by atoms with Gasteiger partial charge in [0, 0.05) is 6.20 Å². The normalized spacial score (nSPS) is 9.33. The van der Waals surface area contributed by atoms with Crippen LogP contribution in [0, 0.1) is 0 Å². The van der Waals surface area contributed by atoms with Gasteiger partial charge in [0.2, 0.25) is 0 Å². The lowest BCUT2D eigenvalue weighted by molar-refractivity contribution is 0.0999. The Morgan fingerprint density at radius 1 is 1.67 bits per heavy atom. The maximum absolute atomic E-state index is 10.9. The molecule has 4 heteroatoms. The maximum Gasteiger partial charge on any atom is 0.260 e. The third kappa shape index (κ3) is 1.42. The minimum absolute atomic E-state index is 0.0487. The van der Waals surface area contributed by atoms with Crippen molar-refractivity contribution in [3.8, 4) is 0 Å². The summed E-state index contributed by atoms with van der Waals surface area (Å²) in [5, 5.41) is 0. The number of amides is 1. The van der Waals surface area contributed by atoms with E-state index in [0.29, 0.717) is 5.56 Å². The average Bonchev–Trinajstić information content (AvgIpc) is 2.05. The molecule has 1 aromatic heterocycles. The molecule has 0 unspecified atom stereocenters. The molecule has 0 aromatic carbocycles. The van der Waals surface area contributed by atoms with Crippen LogP contribution in [-0.4, -0.2) is 10.9 Å². The molecule has 0 radical (unpaired) electrons. The molecule has 0 aliphatic rings. The van der Waals surface area contributed by atoms with Crippen LogP contribution in [0.5, 0.6) is 0 Å². The Morgan fingerprint density at radius 3 is 2.83 bits per heavy atom. The summed E-state index contributed by atoms with van der Waals surface area (Å²) in [4.78, 5) is 24.0. The molecule has 0 saturated carbocycles. The van der Waals surface area contributed by atoms with E-state index in [1.54, 1.807) is 0 Å². The average molecular weight is 164 g/mol. The van der Waals surface area contributed by atoms with Gasteiger partial charge in [0.25, 0.3) is 11.5 Å². The van der Waals surface area contributed by atoms with E-state index in [4.69, 9.17) is 5.73 Å². The Labute approximate surface area is 68.7 Å². The number of nitrogens with two attached hydrogens (primary N) is 1. The van der Waals surface area contributed by atoms with Gasteiger partial charge in [-0.05, 0) is 11.6 Å². The zero-order valence-electron chi connectivity index (χ0n) is 6.33. The number of pyridine rings is 1. The number of carbonyl (C=O) groups excluding carboxylic acids is 1. The molecule has 1 heterocycles. The summed E-state index contributed by atoms with van der Waals surface area (Å²) in [6.45, 7) is 3.49.